The number of non-ortho nitro benzene ring substituents is 1. The number of anilines is 1. The molecule has 0 aliphatic heterocycles. The standard InChI is InChI=1S/C14H17N3O3/c1-14(2,9-18)8-16-11-5-6-12(17(19)20)10-4-3-7-15-13(10)11/h3-7,16,18H,8-9H2,1-2H3. The highest BCUT2D eigenvalue weighted by Gasteiger charge is 2.18. The number of hydrogen-bond donors (Lipinski definition) is 2. The van der Waals surface area contributed by atoms with Crippen molar-refractivity contribution in [1.29, 1.82) is 0 Å². The monoisotopic (exact) mass is 275 g/mol. The van der Waals surface area contributed by atoms with Gasteiger partial charge in [0.05, 0.1) is 16.0 Å². The summed E-state index contributed by atoms with van der Waals surface area (Å²) in [7, 11) is 0. The van der Waals surface area contributed by atoms with E-state index in [9.17, 15) is 15.2 Å². The van der Waals surface area contributed by atoms with Gasteiger partial charge >= 0.3 is 0 Å². The lowest BCUT2D eigenvalue weighted by molar-refractivity contribution is -0.383. The van der Waals surface area contributed by atoms with Gasteiger partial charge in [-0.1, -0.05) is 13.8 Å². The minimum atomic E-state index is -0.411. The zero-order valence-electron chi connectivity index (χ0n) is 11.5. The molecule has 6 heteroatoms. The van der Waals surface area contributed by atoms with E-state index in [1.165, 1.54) is 6.07 Å². The molecule has 6 nitrogen and oxygen atoms in total. The maximum absolute atomic E-state index is 11.0. The molecule has 2 aromatic rings. The summed E-state index contributed by atoms with van der Waals surface area (Å²) in [6, 6.07) is 6.48. The number of nitro benzene ring substituents is 1. The van der Waals surface area contributed by atoms with E-state index in [-0.39, 0.29) is 17.7 Å². The van der Waals surface area contributed by atoms with Crippen LogP contribution in [-0.2, 0) is 0 Å². The van der Waals surface area contributed by atoms with Crippen molar-refractivity contribution in [2.75, 3.05) is 18.5 Å². The Labute approximate surface area is 116 Å². The molecule has 1 aromatic carbocycles. The molecule has 0 amide bonds. The summed E-state index contributed by atoms with van der Waals surface area (Å²) in [5, 5.41) is 24.0. The van der Waals surface area contributed by atoms with E-state index in [4.69, 9.17) is 0 Å². The summed E-state index contributed by atoms with van der Waals surface area (Å²) >= 11 is 0. The van der Waals surface area contributed by atoms with Gasteiger partial charge in [0.25, 0.3) is 5.69 Å². The molecule has 0 saturated heterocycles. The highest BCUT2D eigenvalue weighted by atomic mass is 16.6. The molecule has 0 fully saturated rings. The highest BCUT2D eigenvalue weighted by Crippen LogP contribution is 2.30. The lowest BCUT2D eigenvalue weighted by Gasteiger charge is -2.22. The van der Waals surface area contributed by atoms with Gasteiger partial charge in [-0.25, -0.2) is 0 Å². The first-order valence-electron chi connectivity index (χ1n) is 6.31. The second-order valence-electron chi connectivity index (χ2n) is 5.46. The Morgan fingerprint density at radius 3 is 2.80 bits per heavy atom. The van der Waals surface area contributed by atoms with Crippen molar-refractivity contribution in [3.63, 3.8) is 0 Å². The van der Waals surface area contributed by atoms with E-state index in [0.717, 1.165) is 5.69 Å². The number of aliphatic hydroxyl groups excluding tert-OH is 1. The van der Waals surface area contributed by atoms with Crippen LogP contribution in [0.4, 0.5) is 11.4 Å². The number of nitrogens with one attached hydrogen (secondary N) is 1. The predicted octanol–water partition coefficient (Wildman–Crippen LogP) is 2.57. The minimum absolute atomic E-state index is 0.0417. The Hall–Kier alpha value is -2.21. The average Bonchev–Trinajstić information content (AvgIpc) is 2.44. The molecular formula is C14H17N3O3. The number of aliphatic hydroxyl groups is 1. The molecule has 0 radical (unpaired) electrons. The summed E-state index contributed by atoms with van der Waals surface area (Å²) in [6.45, 7) is 4.47. The normalized spacial score (nSPS) is 11.6. The largest absolute Gasteiger partial charge is 0.396 e. The van der Waals surface area contributed by atoms with Crippen LogP contribution in [0.1, 0.15) is 13.8 Å². The van der Waals surface area contributed by atoms with Gasteiger partial charge in [-0.3, -0.25) is 15.1 Å². The van der Waals surface area contributed by atoms with E-state index >= 15 is 0 Å². The van der Waals surface area contributed by atoms with Gasteiger partial charge in [0.1, 0.15) is 5.52 Å². The first-order valence-corrected chi connectivity index (χ1v) is 6.31. The molecule has 0 saturated carbocycles. The number of pyridine rings is 1. The lowest BCUT2D eigenvalue weighted by atomic mass is 9.95. The molecular weight excluding hydrogens is 258 g/mol. The predicted molar refractivity (Wildman–Crippen MR) is 77.8 cm³/mol. The Balaban J connectivity index is 2.41. The first kappa shape index (κ1) is 14.2. The van der Waals surface area contributed by atoms with Gasteiger partial charge in [0.15, 0.2) is 0 Å². The molecule has 0 aliphatic rings. The molecule has 20 heavy (non-hydrogen) atoms. The molecule has 1 aromatic heterocycles. The van der Waals surface area contributed by atoms with Crippen molar-refractivity contribution >= 4 is 22.3 Å². The van der Waals surface area contributed by atoms with Crippen LogP contribution in [0.3, 0.4) is 0 Å². The van der Waals surface area contributed by atoms with E-state index < -0.39 is 4.92 Å². The fourth-order valence-electron chi connectivity index (χ4n) is 1.85. The van der Waals surface area contributed by atoms with E-state index in [1.807, 2.05) is 13.8 Å². The van der Waals surface area contributed by atoms with Crippen LogP contribution >= 0.6 is 0 Å². The first-order chi connectivity index (χ1) is 9.44. The number of nitro groups is 1. The summed E-state index contributed by atoms with van der Waals surface area (Å²) in [6.07, 6.45) is 1.61. The Bertz CT molecular complexity index is 641. The number of nitrogens with zero attached hydrogens (tertiary/aromatic N) is 2. The van der Waals surface area contributed by atoms with Crippen molar-refractivity contribution in [2.24, 2.45) is 5.41 Å². The highest BCUT2D eigenvalue weighted by molar-refractivity contribution is 5.96. The zero-order valence-corrected chi connectivity index (χ0v) is 11.5. The van der Waals surface area contributed by atoms with Crippen molar-refractivity contribution in [1.82, 2.24) is 4.98 Å². The summed E-state index contributed by atoms with van der Waals surface area (Å²) < 4.78 is 0. The third-order valence-corrected chi connectivity index (χ3v) is 3.13. The molecule has 0 spiro atoms. The third kappa shape index (κ3) is 2.85. The zero-order chi connectivity index (χ0) is 14.8. The summed E-state index contributed by atoms with van der Waals surface area (Å²) in [5.74, 6) is 0. The van der Waals surface area contributed by atoms with Crippen LogP contribution in [0.15, 0.2) is 30.5 Å². The van der Waals surface area contributed by atoms with Crippen LogP contribution < -0.4 is 5.32 Å². The number of fused-ring (bicyclic) bond motifs is 1. The Morgan fingerprint density at radius 1 is 1.40 bits per heavy atom. The second kappa shape index (κ2) is 5.42. The van der Waals surface area contributed by atoms with Crippen molar-refractivity contribution < 1.29 is 10.0 Å². The lowest BCUT2D eigenvalue weighted by Crippen LogP contribution is -2.26. The SMILES string of the molecule is CC(C)(CO)CNc1ccc([N+](=O)[O-])c2cccnc12. The van der Waals surface area contributed by atoms with Crippen LogP contribution in [0, 0.1) is 15.5 Å². The maximum Gasteiger partial charge on any atom is 0.278 e. The molecule has 0 bridgehead atoms. The van der Waals surface area contributed by atoms with Gasteiger partial charge < -0.3 is 10.4 Å². The van der Waals surface area contributed by atoms with E-state index in [1.54, 1.807) is 24.4 Å². The topological polar surface area (TPSA) is 88.3 Å². The maximum atomic E-state index is 11.0. The molecule has 0 aliphatic carbocycles. The van der Waals surface area contributed by atoms with Gasteiger partial charge in [0, 0.05) is 30.8 Å². The summed E-state index contributed by atoms with van der Waals surface area (Å²) in [5.41, 5.74) is 1.06. The molecule has 106 valence electrons. The van der Waals surface area contributed by atoms with Crippen LogP contribution in [0.5, 0.6) is 0 Å². The fourth-order valence-corrected chi connectivity index (χ4v) is 1.85. The van der Waals surface area contributed by atoms with Crippen molar-refractivity contribution in [3.05, 3.63) is 40.6 Å². The van der Waals surface area contributed by atoms with Crippen molar-refractivity contribution in [3.8, 4) is 0 Å². The van der Waals surface area contributed by atoms with Crippen molar-refractivity contribution in [2.45, 2.75) is 13.8 Å². The van der Waals surface area contributed by atoms with Gasteiger partial charge in [-0.05, 0) is 18.2 Å². The second-order valence-corrected chi connectivity index (χ2v) is 5.46. The average molecular weight is 275 g/mol. The summed E-state index contributed by atoms with van der Waals surface area (Å²) in [4.78, 5) is 14.8. The number of benzene rings is 1. The minimum Gasteiger partial charge on any atom is -0.396 e. The van der Waals surface area contributed by atoms with E-state index in [0.29, 0.717) is 17.4 Å². The molecule has 0 atom stereocenters. The van der Waals surface area contributed by atoms with Crippen LogP contribution in [0.25, 0.3) is 10.9 Å². The van der Waals surface area contributed by atoms with E-state index in [2.05, 4.69) is 10.3 Å². The van der Waals surface area contributed by atoms with Crippen LogP contribution in [0.2, 0.25) is 0 Å². The fraction of sp³-hybridized carbons (Fsp3) is 0.357. The molecule has 2 N–H and O–H groups in total. The Kier molecular flexibility index (Phi) is 3.85. The van der Waals surface area contributed by atoms with Gasteiger partial charge in [-0.15, -0.1) is 0 Å². The Morgan fingerprint density at radius 2 is 2.15 bits per heavy atom. The molecule has 2 rings (SSSR count). The number of aromatic nitrogens is 1. The third-order valence-electron chi connectivity index (χ3n) is 3.13. The quantitative estimate of drug-likeness (QED) is 0.646. The van der Waals surface area contributed by atoms with Gasteiger partial charge in [-0.2, -0.15) is 0 Å². The van der Waals surface area contributed by atoms with Crippen LogP contribution in [-0.4, -0.2) is 28.2 Å². The smallest absolute Gasteiger partial charge is 0.278 e. The molecule has 0 unspecified atom stereocenters. The molecule has 1 heterocycles. The number of hydrogen-bond acceptors (Lipinski definition) is 5. The number of rotatable bonds is 5. The van der Waals surface area contributed by atoms with Gasteiger partial charge in [0.2, 0.25) is 0 Å².